The fraction of sp³-hybridized carbons (Fsp3) is 0.500. The van der Waals surface area contributed by atoms with Gasteiger partial charge in [-0.1, -0.05) is 19.1 Å². The molecule has 1 rings (SSSR count). The van der Waals surface area contributed by atoms with E-state index in [1.165, 1.54) is 0 Å². The minimum atomic E-state index is -0.0262. The minimum Gasteiger partial charge on any atom is -0.493 e. The molecule has 0 bridgehead atoms. The van der Waals surface area contributed by atoms with Crippen LogP contribution < -0.4 is 10.1 Å². The van der Waals surface area contributed by atoms with Crippen LogP contribution in [0.25, 0.3) is 0 Å². The zero-order chi connectivity index (χ0) is 13.4. The number of aryl methyl sites for hydroxylation is 1. The van der Waals surface area contributed by atoms with Crippen LogP contribution >= 0.6 is 11.6 Å². The van der Waals surface area contributed by atoms with Crippen LogP contribution in [0, 0.1) is 6.92 Å². The molecule has 0 aliphatic heterocycles. The van der Waals surface area contributed by atoms with Gasteiger partial charge in [-0.15, -0.1) is 11.6 Å². The maximum absolute atomic E-state index is 11.5. The first-order chi connectivity index (χ1) is 8.61. The molecule has 0 radical (unpaired) electrons. The standard InChI is InChI=1S/C14H20ClNO2/c1-3-12(15)10-16-14(17)7-8-18-13-6-4-5-11(2)9-13/h4-6,9,12H,3,7-8,10H2,1-2H3,(H,16,17). The van der Waals surface area contributed by atoms with Gasteiger partial charge in [-0.05, 0) is 31.0 Å². The Bertz CT molecular complexity index is 382. The Hall–Kier alpha value is -1.22. The van der Waals surface area contributed by atoms with E-state index in [1.54, 1.807) is 0 Å². The SMILES string of the molecule is CCC(Cl)CNC(=O)CCOc1cccc(C)c1. The summed E-state index contributed by atoms with van der Waals surface area (Å²) in [5.74, 6) is 0.772. The molecule has 0 aliphatic carbocycles. The maximum Gasteiger partial charge on any atom is 0.223 e. The van der Waals surface area contributed by atoms with Crippen LogP contribution in [0.1, 0.15) is 25.3 Å². The van der Waals surface area contributed by atoms with E-state index in [0.717, 1.165) is 17.7 Å². The zero-order valence-corrected chi connectivity index (χ0v) is 11.7. The number of ether oxygens (including phenoxy) is 1. The van der Waals surface area contributed by atoms with Crippen molar-refractivity contribution in [2.45, 2.75) is 32.1 Å². The van der Waals surface area contributed by atoms with Crippen LogP contribution in [0.5, 0.6) is 5.75 Å². The highest BCUT2D eigenvalue weighted by atomic mass is 35.5. The lowest BCUT2D eigenvalue weighted by Gasteiger charge is -2.09. The van der Waals surface area contributed by atoms with Crippen molar-refractivity contribution in [3.63, 3.8) is 0 Å². The van der Waals surface area contributed by atoms with E-state index in [9.17, 15) is 4.79 Å². The van der Waals surface area contributed by atoms with Gasteiger partial charge in [0.1, 0.15) is 5.75 Å². The predicted molar refractivity (Wildman–Crippen MR) is 74.2 cm³/mol. The highest BCUT2D eigenvalue weighted by Gasteiger charge is 2.05. The molecule has 0 aromatic heterocycles. The molecule has 0 spiro atoms. The molecular formula is C14H20ClNO2. The monoisotopic (exact) mass is 269 g/mol. The molecule has 4 heteroatoms. The van der Waals surface area contributed by atoms with Gasteiger partial charge in [-0.25, -0.2) is 0 Å². The number of amides is 1. The minimum absolute atomic E-state index is 0.00615. The number of rotatable bonds is 7. The van der Waals surface area contributed by atoms with Crippen molar-refractivity contribution in [3.05, 3.63) is 29.8 Å². The van der Waals surface area contributed by atoms with Gasteiger partial charge < -0.3 is 10.1 Å². The zero-order valence-electron chi connectivity index (χ0n) is 10.9. The van der Waals surface area contributed by atoms with E-state index in [2.05, 4.69) is 5.32 Å². The molecule has 1 aromatic rings. The molecule has 3 nitrogen and oxygen atoms in total. The van der Waals surface area contributed by atoms with Crippen molar-refractivity contribution in [3.8, 4) is 5.75 Å². The lowest BCUT2D eigenvalue weighted by molar-refractivity contribution is -0.121. The molecule has 1 unspecified atom stereocenters. The molecule has 18 heavy (non-hydrogen) atoms. The van der Waals surface area contributed by atoms with E-state index < -0.39 is 0 Å². The number of alkyl halides is 1. The summed E-state index contributed by atoms with van der Waals surface area (Å²) in [6, 6.07) is 7.77. The van der Waals surface area contributed by atoms with Crippen molar-refractivity contribution in [1.82, 2.24) is 5.32 Å². The average molecular weight is 270 g/mol. The Labute approximate surface area is 113 Å². The van der Waals surface area contributed by atoms with Gasteiger partial charge in [0, 0.05) is 6.54 Å². The van der Waals surface area contributed by atoms with Crippen LogP contribution in [0.3, 0.4) is 0 Å². The van der Waals surface area contributed by atoms with Gasteiger partial charge in [-0.2, -0.15) is 0 Å². The lowest BCUT2D eigenvalue weighted by Crippen LogP contribution is -2.30. The Morgan fingerprint density at radius 2 is 2.28 bits per heavy atom. The Kier molecular flexibility index (Phi) is 6.58. The second kappa shape index (κ2) is 7.98. The molecule has 1 amide bonds. The predicted octanol–water partition coefficient (Wildman–Crippen LogP) is 2.90. The number of nitrogens with one attached hydrogen (secondary N) is 1. The summed E-state index contributed by atoms with van der Waals surface area (Å²) in [6.07, 6.45) is 1.20. The third-order valence-corrected chi connectivity index (χ3v) is 3.01. The summed E-state index contributed by atoms with van der Waals surface area (Å²) in [5.41, 5.74) is 1.14. The number of hydrogen-bond acceptors (Lipinski definition) is 2. The number of carbonyl (C=O) groups is 1. The highest BCUT2D eigenvalue weighted by molar-refractivity contribution is 6.20. The van der Waals surface area contributed by atoms with Crippen LogP contribution in [0.15, 0.2) is 24.3 Å². The van der Waals surface area contributed by atoms with E-state index in [-0.39, 0.29) is 11.3 Å². The normalized spacial score (nSPS) is 11.9. The first-order valence-electron chi connectivity index (χ1n) is 6.22. The number of benzene rings is 1. The van der Waals surface area contributed by atoms with Crippen molar-refractivity contribution >= 4 is 17.5 Å². The molecule has 1 N–H and O–H groups in total. The quantitative estimate of drug-likeness (QED) is 0.773. The Morgan fingerprint density at radius 3 is 2.94 bits per heavy atom. The largest absolute Gasteiger partial charge is 0.493 e. The molecule has 0 fully saturated rings. The van der Waals surface area contributed by atoms with Gasteiger partial charge in [0.25, 0.3) is 0 Å². The van der Waals surface area contributed by atoms with Crippen molar-refractivity contribution < 1.29 is 9.53 Å². The van der Waals surface area contributed by atoms with E-state index in [1.807, 2.05) is 38.1 Å². The Morgan fingerprint density at radius 1 is 1.50 bits per heavy atom. The van der Waals surface area contributed by atoms with Gasteiger partial charge in [0.15, 0.2) is 0 Å². The fourth-order valence-electron chi connectivity index (χ4n) is 1.42. The molecule has 100 valence electrons. The molecule has 0 saturated carbocycles. The van der Waals surface area contributed by atoms with Crippen LogP contribution in [-0.4, -0.2) is 24.4 Å². The van der Waals surface area contributed by atoms with Gasteiger partial charge in [0.05, 0.1) is 18.4 Å². The molecular weight excluding hydrogens is 250 g/mol. The molecule has 0 aliphatic rings. The number of hydrogen-bond donors (Lipinski definition) is 1. The summed E-state index contributed by atoms with van der Waals surface area (Å²) < 4.78 is 5.50. The third-order valence-electron chi connectivity index (χ3n) is 2.55. The molecule has 1 aromatic carbocycles. The highest BCUT2D eigenvalue weighted by Crippen LogP contribution is 2.12. The second-order valence-corrected chi connectivity index (χ2v) is 4.84. The van der Waals surface area contributed by atoms with Crippen molar-refractivity contribution in [2.75, 3.05) is 13.2 Å². The van der Waals surface area contributed by atoms with Crippen molar-refractivity contribution in [2.24, 2.45) is 0 Å². The topological polar surface area (TPSA) is 38.3 Å². The van der Waals surface area contributed by atoms with E-state index in [4.69, 9.17) is 16.3 Å². The first-order valence-corrected chi connectivity index (χ1v) is 6.65. The van der Waals surface area contributed by atoms with Crippen LogP contribution in [0.2, 0.25) is 0 Å². The first kappa shape index (κ1) is 14.8. The average Bonchev–Trinajstić information content (AvgIpc) is 2.36. The summed E-state index contributed by atoms with van der Waals surface area (Å²) >= 11 is 5.91. The summed E-state index contributed by atoms with van der Waals surface area (Å²) in [6.45, 7) is 4.89. The van der Waals surface area contributed by atoms with Crippen LogP contribution in [0.4, 0.5) is 0 Å². The number of halogens is 1. The van der Waals surface area contributed by atoms with Crippen LogP contribution in [-0.2, 0) is 4.79 Å². The summed E-state index contributed by atoms with van der Waals surface area (Å²) in [5, 5.41) is 2.79. The summed E-state index contributed by atoms with van der Waals surface area (Å²) in [4.78, 5) is 11.5. The maximum atomic E-state index is 11.5. The fourth-order valence-corrected chi connectivity index (χ4v) is 1.50. The molecule has 1 atom stereocenters. The lowest BCUT2D eigenvalue weighted by atomic mass is 10.2. The van der Waals surface area contributed by atoms with Gasteiger partial charge in [0.2, 0.25) is 5.91 Å². The van der Waals surface area contributed by atoms with Crippen molar-refractivity contribution in [1.29, 1.82) is 0 Å². The number of carbonyl (C=O) groups excluding carboxylic acids is 1. The molecule has 0 heterocycles. The van der Waals surface area contributed by atoms with E-state index in [0.29, 0.717) is 19.6 Å². The summed E-state index contributed by atoms with van der Waals surface area (Å²) in [7, 11) is 0. The third kappa shape index (κ3) is 5.92. The van der Waals surface area contributed by atoms with Gasteiger partial charge >= 0.3 is 0 Å². The Balaban J connectivity index is 2.19. The van der Waals surface area contributed by atoms with Gasteiger partial charge in [-0.3, -0.25) is 4.79 Å². The van der Waals surface area contributed by atoms with E-state index >= 15 is 0 Å². The second-order valence-electron chi connectivity index (χ2n) is 4.22. The molecule has 0 saturated heterocycles. The smallest absolute Gasteiger partial charge is 0.223 e.